The molecule has 5 rings (SSSR count). The maximum absolute atomic E-state index is 12.1. The molecule has 0 aromatic heterocycles. The summed E-state index contributed by atoms with van der Waals surface area (Å²) in [5.41, 5.74) is 5.43. The van der Waals surface area contributed by atoms with Crippen LogP contribution >= 0.6 is 0 Å². The second-order valence-corrected chi connectivity index (χ2v) is 15.2. The molecule has 2 unspecified atom stereocenters. The number of rotatable bonds is 4. The first kappa shape index (κ1) is 23.4. The Labute approximate surface area is 203 Å². The average Bonchev–Trinajstić information content (AvgIpc) is 3.07. The molecule has 0 spiro atoms. The highest BCUT2D eigenvalue weighted by Crippen LogP contribution is 2.49. The molecule has 180 valence electrons. The smallest absolute Gasteiger partial charge is 0.199 e. The van der Waals surface area contributed by atoms with E-state index in [1.165, 1.54) is 0 Å². The highest BCUT2D eigenvalue weighted by atomic mass is 28.3. The van der Waals surface area contributed by atoms with Gasteiger partial charge < -0.3 is 24.1 Å². The lowest BCUT2D eigenvalue weighted by Gasteiger charge is -2.25. The highest BCUT2D eigenvalue weighted by Gasteiger charge is 2.42. The Bertz CT molecular complexity index is 1030. The summed E-state index contributed by atoms with van der Waals surface area (Å²) in [5.74, 6) is 4.65. The van der Waals surface area contributed by atoms with Crippen molar-refractivity contribution in [3.63, 3.8) is 0 Å². The van der Waals surface area contributed by atoms with E-state index in [0.29, 0.717) is 11.5 Å². The van der Waals surface area contributed by atoms with Gasteiger partial charge in [-0.15, -0.1) is 5.54 Å². The van der Waals surface area contributed by atoms with Crippen LogP contribution in [0.25, 0.3) is 11.1 Å². The van der Waals surface area contributed by atoms with Crippen molar-refractivity contribution in [2.24, 2.45) is 0 Å². The molecule has 2 heterocycles. The number of ether oxygens (including phenoxy) is 4. The summed E-state index contributed by atoms with van der Waals surface area (Å²) in [5, 5.41) is 12.1. The van der Waals surface area contributed by atoms with Crippen molar-refractivity contribution in [2.75, 3.05) is 13.2 Å². The van der Waals surface area contributed by atoms with Crippen molar-refractivity contribution < 1.29 is 24.1 Å². The molecule has 0 saturated carbocycles. The Kier molecular flexibility index (Phi) is 6.47. The number of hydrogen-bond acceptors (Lipinski definition) is 5. The zero-order valence-corrected chi connectivity index (χ0v) is 21.4. The lowest BCUT2D eigenvalue weighted by Crippen LogP contribution is -2.27. The molecule has 1 aliphatic carbocycles. The lowest BCUT2D eigenvalue weighted by atomic mass is 9.92. The lowest BCUT2D eigenvalue weighted by molar-refractivity contribution is -0.106. The van der Waals surface area contributed by atoms with E-state index in [4.69, 9.17) is 18.9 Å². The molecular formula is C28H34O5Si. The predicted molar refractivity (Wildman–Crippen MR) is 134 cm³/mol. The SMILES string of the molecule is C[Si](C)(C)C#CC1(O)c2cc(OC3CCCCO3)ccc2-c2ccc(OC3CCCCO3)cc21. The van der Waals surface area contributed by atoms with E-state index in [1.54, 1.807) is 0 Å². The van der Waals surface area contributed by atoms with Crippen LogP contribution in [0.2, 0.25) is 19.6 Å². The van der Waals surface area contributed by atoms with Crippen LogP contribution in [0, 0.1) is 11.5 Å². The second kappa shape index (κ2) is 9.39. The van der Waals surface area contributed by atoms with Gasteiger partial charge in [0.15, 0.2) is 18.2 Å². The molecule has 0 radical (unpaired) electrons. The topological polar surface area (TPSA) is 57.2 Å². The van der Waals surface area contributed by atoms with Gasteiger partial charge in [0.25, 0.3) is 0 Å². The third-order valence-corrected chi connectivity index (χ3v) is 7.36. The van der Waals surface area contributed by atoms with Crippen LogP contribution in [0.5, 0.6) is 11.5 Å². The van der Waals surface area contributed by atoms with Gasteiger partial charge in [0, 0.05) is 24.0 Å². The van der Waals surface area contributed by atoms with Gasteiger partial charge in [-0.1, -0.05) is 37.7 Å². The third kappa shape index (κ3) is 4.89. The minimum absolute atomic E-state index is 0.243. The van der Waals surface area contributed by atoms with E-state index < -0.39 is 13.7 Å². The first-order valence-electron chi connectivity index (χ1n) is 12.4. The molecule has 6 heteroatoms. The molecular weight excluding hydrogens is 444 g/mol. The van der Waals surface area contributed by atoms with Gasteiger partial charge >= 0.3 is 0 Å². The van der Waals surface area contributed by atoms with Crippen LogP contribution in [-0.4, -0.2) is 39.0 Å². The normalized spacial score (nSPS) is 26.1. The molecule has 34 heavy (non-hydrogen) atoms. The Balaban J connectivity index is 1.52. The van der Waals surface area contributed by atoms with Crippen LogP contribution in [0.4, 0.5) is 0 Å². The third-order valence-electron chi connectivity index (χ3n) is 6.48. The van der Waals surface area contributed by atoms with Crippen molar-refractivity contribution in [3.05, 3.63) is 47.5 Å². The van der Waals surface area contributed by atoms with Gasteiger partial charge in [-0.25, -0.2) is 0 Å². The summed E-state index contributed by atoms with van der Waals surface area (Å²) in [6, 6.07) is 11.8. The summed E-state index contributed by atoms with van der Waals surface area (Å²) in [6.07, 6.45) is 5.60. The van der Waals surface area contributed by atoms with E-state index in [-0.39, 0.29) is 12.6 Å². The summed E-state index contributed by atoms with van der Waals surface area (Å²) in [6.45, 7) is 7.99. The predicted octanol–water partition coefficient (Wildman–Crippen LogP) is 5.59. The van der Waals surface area contributed by atoms with Gasteiger partial charge in [-0.2, -0.15) is 0 Å². The molecule has 0 bridgehead atoms. The first-order valence-corrected chi connectivity index (χ1v) is 15.9. The molecule has 5 nitrogen and oxygen atoms in total. The second-order valence-electron chi connectivity index (χ2n) is 10.5. The van der Waals surface area contributed by atoms with Crippen molar-refractivity contribution in [1.82, 2.24) is 0 Å². The quantitative estimate of drug-likeness (QED) is 0.458. The number of fused-ring (bicyclic) bond motifs is 3. The van der Waals surface area contributed by atoms with Gasteiger partial charge in [0.2, 0.25) is 0 Å². The highest BCUT2D eigenvalue weighted by molar-refractivity contribution is 6.83. The summed E-state index contributed by atoms with van der Waals surface area (Å²) in [4.78, 5) is 0. The van der Waals surface area contributed by atoms with Crippen molar-refractivity contribution >= 4 is 8.07 Å². The molecule has 2 aliphatic heterocycles. The zero-order chi connectivity index (χ0) is 23.8. The van der Waals surface area contributed by atoms with Crippen LogP contribution in [-0.2, 0) is 15.1 Å². The fourth-order valence-corrected chi connectivity index (χ4v) is 5.29. The van der Waals surface area contributed by atoms with E-state index in [9.17, 15) is 5.11 Å². The minimum atomic E-state index is -1.74. The van der Waals surface area contributed by atoms with Crippen LogP contribution in [0.3, 0.4) is 0 Å². The van der Waals surface area contributed by atoms with E-state index >= 15 is 0 Å². The number of benzene rings is 2. The van der Waals surface area contributed by atoms with E-state index in [0.717, 1.165) is 74.0 Å². The van der Waals surface area contributed by atoms with E-state index in [2.05, 4.69) is 31.1 Å². The summed E-state index contributed by atoms with van der Waals surface area (Å²) in [7, 11) is -1.74. The van der Waals surface area contributed by atoms with Crippen molar-refractivity contribution in [2.45, 2.75) is 76.3 Å². The Hall–Kier alpha value is -2.30. The summed E-state index contributed by atoms with van der Waals surface area (Å²) >= 11 is 0. The van der Waals surface area contributed by atoms with Gasteiger partial charge in [0.1, 0.15) is 19.6 Å². The molecule has 3 aliphatic rings. The maximum Gasteiger partial charge on any atom is 0.199 e. The molecule has 2 fully saturated rings. The molecule has 0 amide bonds. The average molecular weight is 479 g/mol. The minimum Gasteiger partial charge on any atom is -0.465 e. The number of aliphatic hydroxyl groups is 1. The zero-order valence-electron chi connectivity index (χ0n) is 20.4. The fourth-order valence-electron chi connectivity index (χ4n) is 4.73. The molecule has 2 saturated heterocycles. The first-order chi connectivity index (χ1) is 16.3. The number of hydrogen-bond donors (Lipinski definition) is 1. The van der Waals surface area contributed by atoms with E-state index in [1.807, 2.05) is 36.4 Å². The van der Waals surface area contributed by atoms with Gasteiger partial charge in [-0.3, -0.25) is 0 Å². The molecule has 2 aromatic carbocycles. The Morgan fingerprint density at radius 1 is 0.824 bits per heavy atom. The standard InChI is InChI=1S/C28H34O5Si/c1-34(2,3)17-14-28(29)24-18-20(32-26-8-4-6-15-30-26)10-12-22(24)23-13-11-21(19-25(23)28)33-27-9-5-7-16-31-27/h10-13,18-19,26-27,29H,4-9,15-16H2,1-3H3. The van der Waals surface area contributed by atoms with Gasteiger partial charge in [0.05, 0.1) is 13.2 Å². The van der Waals surface area contributed by atoms with Gasteiger partial charge in [-0.05, 0) is 61.1 Å². The molecule has 2 aromatic rings. The van der Waals surface area contributed by atoms with Crippen LogP contribution in [0.15, 0.2) is 36.4 Å². The Morgan fingerprint density at radius 3 is 1.74 bits per heavy atom. The Morgan fingerprint density at radius 2 is 1.32 bits per heavy atom. The molecule has 2 atom stereocenters. The largest absolute Gasteiger partial charge is 0.465 e. The van der Waals surface area contributed by atoms with Crippen LogP contribution < -0.4 is 9.47 Å². The maximum atomic E-state index is 12.1. The fraction of sp³-hybridized carbons (Fsp3) is 0.500. The van der Waals surface area contributed by atoms with Crippen LogP contribution in [0.1, 0.15) is 49.7 Å². The van der Waals surface area contributed by atoms with Crippen molar-refractivity contribution in [1.29, 1.82) is 0 Å². The molecule has 1 N–H and O–H groups in total. The van der Waals surface area contributed by atoms with Crippen molar-refractivity contribution in [3.8, 4) is 34.1 Å². The summed E-state index contributed by atoms with van der Waals surface area (Å²) < 4.78 is 23.8. The monoisotopic (exact) mass is 478 g/mol.